The highest BCUT2D eigenvalue weighted by Crippen LogP contribution is 2.17. The van der Waals surface area contributed by atoms with Gasteiger partial charge in [-0.05, 0) is 48.5 Å². The van der Waals surface area contributed by atoms with Gasteiger partial charge in [-0.25, -0.2) is 5.43 Å². The molecule has 0 fully saturated rings. The zero-order chi connectivity index (χ0) is 20.1. The Morgan fingerprint density at radius 1 is 1.11 bits per heavy atom. The monoisotopic (exact) mass is 377 g/mol. The van der Waals surface area contributed by atoms with E-state index in [0.717, 1.165) is 17.1 Å². The van der Waals surface area contributed by atoms with Crippen molar-refractivity contribution in [2.24, 2.45) is 5.10 Å². The summed E-state index contributed by atoms with van der Waals surface area (Å²) in [6.07, 6.45) is 3.33. The second-order valence-electron chi connectivity index (χ2n) is 6.22. The Kier molecular flexibility index (Phi) is 5.50. The Bertz CT molecular complexity index is 1010. The Hall–Kier alpha value is -3.94. The zero-order valence-electron chi connectivity index (χ0n) is 15.4. The van der Waals surface area contributed by atoms with Crippen LogP contribution < -0.4 is 10.3 Å². The largest absolute Gasteiger partial charge is 0.378 e. The van der Waals surface area contributed by atoms with Gasteiger partial charge in [-0.2, -0.15) is 5.10 Å². The van der Waals surface area contributed by atoms with Crippen molar-refractivity contribution < 1.29 is 9.72 Å². The molecule has 8 heteroatoms. The lowest BCUT2D eigenvalue weighted by molar-refractivity contribution is -0.384. The number of anilines is 1. The van der Waals surface area contributed by atoms with Crippen LogP contribution in [0.3, 0.4) is 0 Å². The summed E-state index contributed by atoms with van der Waals surface area (Å²) in [6.45, 7) is 0. The predicted octanol–water partition coefficient (Wildman–Crippen LogP) is 3.22. The summed E-state index contributed by atoms with van der Waals surface area (Å²) < 4.78 is 1.81. The number of hydrazone groups is 1. The number of rotatable bonds is 6. The topological polar surface area (TPSA) is 92.8 Å². The van der Waals surface area contributed by atoms with E-state index in [1.165, 1.54) is 18.3 Å². The second-order valence-corrected chi connectivity index (χ2v) is 6.22. The van der Waals surface area contributed by atoms with Gasteiger partial charge < -0.3 is 9.47 Å². The number of benzene rings is 2. The highest BCUT2D eigenvalue weighted by atomic mass is 16.6. The molecule has 0 bridgehead atoms. The lowest BCUT2D eigenvalue weighted by Gasteiger charge is -2.12. The lowest BCUT2D eigenvalue weighted by atomic mass is 10.2. The molecule has 142 valence electrons. The highest BCUT2D eigenvalue weighted by Gasteiger charge is 2.07. The smallest absolute Gasteiger partial charge is 0.271 e. The average molecular weight is 377 g/mol. The number of nitrogens with zero attached hydrogens (tertiary/aromatic N) is 4. The molecule has 28 heavy (non-hydrogen) atoms. The first kappa shape index (κ1) is 18.8. The summed E-state index contributed by atoms with van der Waals surface area (Å²) in [5.74, 6) is -0.310. The molecule has 0 saturated heterocycles. The van der Waals surface area contributed by atoms with Crippen LogP contribution in [0.2, 0.25) is 0 Å². The number of hydrogen-bond donors (Lipinski definition) is 1. The summed E-state index contributed by atoms with van der Waals surface area (Å²) in [6, 6.07) is 17.0. The maximum absolute atomic E-state index is 12.2. The van der Waals surface area contributed by atoms with Gasteiger partial charge >= 0.3 is 0 Å². The number of amides is 1. The molecule has 2 aromatic carbocycles. The molecule has 0 saturated carbocycles. The third kappa shape index (κ3) is 4.24. The van der Waals surface area contributed by atoms with Gasteiger partial charge in [0.15, 0.2) is 0 Å². The van der Waals surface area contributed by atoms with Crippen LogP contribution in [0.4, 0.5) is 11.4 Å². The second kappa shape index (κ2) is 8.17. The summed E-state index contributed by atoms with van der Waals surface area (Å²) in [4.78, 5) is 24.5. The van der Waals surface area contributed by atoms with Crippen molar-refractivity contribution >= 4 is 23.5 Å². The minimum atomic E-state index is -0.442. The van der Waals surface area contributed by atoms with Gasteiger partial charge in [-0.1, -0.05) is 0 Å². The molecular formula is C20H19N5O3. The molecule has 0 radical (unpaired) electrons. The van der Waals surface area contributed by atoms with Crippen LogP contribution in [0.1, 0.15) is 16.1 Å². The van der Waals surface area contributed by atoms with Gasteiger partial charge in [-0.15, -0.1) is 0 Å². The molecule has 0 atom stereocenters. The Balaban J connectivity index is 1.69. The molecule has 1 amide bonds. The first-order valence-electron chi connectivity index (χ1n) is 8.48. The average Bonchev–Trinajstić information content (AvgIpc) is 3.16. The van der Waals surface area contributed by atoms with Crippen molar-refractivity contribution in [2.75, 3.05) is 19.0 Å². The van der Waals surface area contributed by atoms with Crippen LogP contribution in [0.25, 0.3) is 5.69 Å². The fourth-order valence-corrected chi connectivity index (χ4v) is 2.60. The Labute approximate surface area is 161 Å². The molecule has 0 aliphatic heterocycles. The van der Waals surface area contributed by atoms with Crippen LogP contribution in [-0.2, 0) is 0 Å². The van der Waals surface area contributed by atoms with E-state index in [2.05, 4.69) is 10.5 Å². The number of nitro groups is 1. The van der Waals surface area contributed by atoms with Gasteiger partial charge in [0.05, 0.1) is 16.8 Å². The van der Waals surface area contributed by atoms with E-state index in [-0.39, 0.29) is 11.6 Å². The summed E-state index contributed by atoms with van der Waals surface area (Å²) >= 11 is 0. The van der Waals surface area contributed by atoms with Crippen LogP contribution in [0, 0.1) is 10.1 Å². The first-order chi connectivity index (χ1) is 13.5. The van der Waals surface area contributed by atoms with E-state index in [1.54, 1.807) is 24.3 Å². The number of aromatic nitrogens is 1. The maximum atomic E-state index is 12.2. The highest BCUT2D eigenvalue weighted by molar-refractivity contribution is 5.95. The van der Waals surface area contributed by atoms with Gasteiger partial charge in [0, 0.05) is 49.4 Å². The molecule has 1 N–H and O–H groups in total. The van der Waals surface area contributed by atoms with Gasteiger partial charge in [0.2, 0.25) is 0 Å². The molecular weight excluding hydrogens is 358 g/mol. The molecule has 1 heterocycles. The van der Waals surface area contributed by atoms with Crippen LogP contribution >= 0.6 is 0 Å². The summed E-state index contributed by atoms with van der Waals surface area (Å²) in [7, 11) is 3.86. The van der Waals surface area contributed by atoms with Gasteiger partial charge in [0.25, 0.3) is 11.6 Å². The number of non-ortho nitro benzene ring substituents is 1. The molecule has 8 nitrogen and oxygen atoms in total. The molecule has 1 aromatic heterocycles. The van der Waals surface area contributed by atoms with Crippen molar-refractivity contribution in [3.05, 3.63) is 88.2 Å². The fraction of sp³-hybridized carbons (Fsp3) is 0.100. The lowest BCUT2D eigenvalue weighted by Crippen LogP contribution is -2.18. The quantitative estimate of drug-likeness (QED) is 0.405. The number of nitro benzene ring substituents is 1. The molecule has 0 spiro atoms. The maximum Gasteiger partial charge on any atom is 0.271 e. The summed E-state index contributed by atoms with van der Waals surface area (Å²) in [5.41, 5.74) is 5.51. The van der Waals surface area contributed by atoms with E-state index >= 15 is 0 Å². The van der Waals surface area contributed by atoms with E-state index in [4.69, 9.17) is 0 Å². The number of carbonyl (C=O) groups is 1. The van der Waals surface area contributed by atoms with E-state index in [1.807, 2.05) is 54.0 Å². The van der Waals surface area contributed by atoms with E-state index in [9.17, 15) is 14.9 Å². The Morgan fingerprint density at radius 2 is 1.79 bits per heavy atom. The normalized spacial score (nSPS) is 10.8. The molecule has 0 aliphatic rings. The van der Waals surface area contributed by atoms with Crippen molar-refractivity contribution in [3.8, 4) is 5.69 Å². The van der Waals surface area contributed by atoms with Crippen molar-refractivity contribution in [1.29, 1.82) is 0 Å². The molecule has 0 unspecified atom stereocenters. The Morgan fingerprint density at radius 3 is 2.39 bits per heavy atom. The first-order valence-corrected chi connectivity index (χ1v) is 8.48. The SMILES string of the molecule is CN(C)c1ccc(C(=O)N/N=C\c2cccn2-c2ccc([N+](=O)[O-])cc2)cc1. The van der Waals surface area contributed by atoms with Crippen molar-refractivity contribution in [2.45, 2.75) is 0 Å². The van der Waals surface area contributed by atoms with Crippen molar-refractivity contribution in [1.82, 2.24) is 9.99 Å². The third-order valence-corrected chi connectivity index (χ3v) is 4.13. The standard InChI is InChI=1S/C20H19N5O3/c1-23(2)16-7-5-15(6-8-16)20(26)22-21-14-19-4-3-13-24(19)17-9-11-18(12-10-17)25(27)28/h3-14H,1-2H3,(H,22,26)/b21-14-. The van der Waals surface area contributed by atoms with E-state index in [0.29, 0.717) is 5.56 Å². The van der Waals surface area contributed by atoms with Crippen molar-refractivity contribution in [3.63, 3.8) is 0 Å². The number of hydrogen-bond acceptors (Lipinski definition) is 5. The van der Waals surface area contributed by atoms with Crippen LogP contribution in [0.15, 0.2) is 72.0 Å². The molecule has 3 aromatic rings. The minimum absolute atomic E-state index is 0.0265. The van der Waals surface area contributed by atoms with Gasteiger partial charge in [-0.3, -0.25) is 14.9 Å². The van der Waals surface area contributed by atoms with Crippen LogP contribution in [0.5, 0.6) is 0 Å². The molecule has 0 aliphatic carbocycles. The predicted molar refractivity (Wildman–Crippen MR) is 108 cm³/mol. The zero-order valence-corrected chi connectivity index (χ0v) is 15.4. The third-order valence-electron chi connectivity index (χ3n) is 4.13. The van der Waals surface area contributed by atoms with Crippen LogP contribution in [-0.4, -0.2) is 35.7 Å². The van der Waals surface area contributed by atoms with E-state index < -0.39 is 4.92 Å². The number of carbonyl (C=O) groups excluding carboxylic acids is 1. The van der Waals surface area contributed by atoms with Gasteiger partial charge in [0.1, 0.15) is 0 Å². The summed E-state index contributed by atoms with van der Waals surface area (Å²) in [5, 5.41) is 14.8. The minimum Gasteiger partial charge on any atom is -0.378 e. The molecule has 3 rings (SSSR count). The fourth-order valence-electron chi connectivity index (χ4n) is 2.60. The number of nitrogens with one attached hydrogen (secondary N) is 1.